The fourth-order valence-corrected chi connectivity index (χ4v) is 2.71. The van der Waals surface area contributed by atoms with Gasteiger partial charge in [-0.1, -0.05) is 31.8 Å². The van der Waals surface area contributed by atoms with Gasteiger partial charge < -0.3 is 9.84 Å². The third-order valence-corrected chi connectivity index (χ3v) is 5.00. The predicted molar refractivity (Wildman–Crippen MR) is 88.7 cm³/mol. The first-order valence-corrected chi connectivity index (χ1v) is 11.0. The Kier molecular flexibility index (Phi) is 5.15. The topological polar surface area (TPSA) is 64.3 Å². The number of nitrogens with zero attached hydrogens (tertiary/aromatic N) is 2. The number of carboxylic acids is 1. The van der Waals surface area contributed by atoms with Gasteiger partial charge in [-0.25, -0.2) is 9.48 Å². The second-order valence-electron chi connectivity index (χ2n) is 6.50. The predicted octanol–water partition coefficient (Wildman–Crippen LogP) is 3.56. The molecule has 22 heavy (non-hydrogen) atoms. The minimum Gasteiger partial charge on any atom is -0.478 e. The molecule has 0 atom stereocenters. The van der Waals surface area contributed by atoms with Gasteiger partial charge in [0.15, 0.2) is 0 Å². The summed E-state index contributed by atoms with van der Waals surface area (Å²) in [5.74, 6) is -0.927. The van der Waals surface area contributed by atoms with Crippen LogP contribution in [0.4, 0.5) is 0 Å². The van der Waals surface area contributed by atoms with Crippen LogP contribution in [0.3, 0.4) is 0 Å². The number of aromatic nitrogens is 2. The van der Waals surface area contributed by atoms with Crippen molar-refractivity contribution in [1.29, 1.82) is 0 Å². The maximum Gasteiger partial charge on any atom is 0.335 e. The third-order valence-electron chi connectivity index (χ3n) is 3.30. The molecule has 1 heterocycles. The molecule has 2 aromatic rings. The molecule has 1 N–H and O–H groups in total. The Labute approximate surface area is 131 Å². The van der Waals surface area contributed by atoms with Gasteiger partial charge in [0.25, 0.3) is 0 Å². The number of rotatable bonds is 7. The summed E-state index contributed by atoms with van der Waals surface area (Å²) in [7, 11) is -1.07. The van der Waals surface area contributed by atoms with E-state index in [1.54, 1.807) is 29.1 Å². The van der Waals surface area contributed by atoms with Crippen molar-refractivity contribution in [2.75, 3.05) is 6.61 Å². The van der Waals surface area contributed by atoms with Crippen LogP contribution in [-0.2, 0) is 11.5 Å². The van der Waals surface area contributed by atoms with Gasteiger partial charge in [0.05, 0.1) is 11.8 Å². The normalized spacial score (nSPS) is 11.6. The zero-order chi connectivity index (χ0) is 16.2. The van der Waals surface area contributed by atoms with Crippen LogP contribution in [0.1, 0.15) is 10.4 Å². The average Bonchev–Trinajstić information content (AvgIpc) is 2.91. The molecule has 0 bridgehead atoms. The van der Waals surface area contributed by atoms with Crippen LogP contribution >= 0.6 is 0 Å². The van der Waals surface area contributed by atoms with Gasteiger partial charge in [-0.15, -0.1) is 0 Å². The lowest BCUT2D eigenvalue weighted by atomic mass is 10.1. The highest BCUT2D eigenvalue weighted by Gasteiger charge is 2.12. The standard InChI is InChI=1S/C16H22N2O3Si/c1-22(2,3)8-7-21-12-18-11-15(10-17-18)13-5-4-6-14(9-13)16(19)20/h4-6,9-11H,7-8,12H2,1-3H3,(H,19,20). The number of benzene rings is 1. The van der Waals surface area contributed by atoms with Crippen molar-refractivity contribution in [3.63, 3.8) is 0 Å². The van der Waals surface area contributed by atoms with E-state index in [1.165, 1.54) is 0 Å². The second kappa shape index (κ2) is 6.89. The molecule has 0 spiro atoms. The van der Waals surface area contributed by atoms with Gasteiger partial charge in [0.1, 0.15) is 6.73 Å². The Morgan fingerprint density at radius 2 is 2.09 bits per heavy atom. The Morgan fingerprint density at radius 3 is 2.77 bits per heavy atom. The van der Waals surface area contributed by atoms with Crippen LogP contribution in [0.5, 0.6) is 0 Å². The van der Waals surface area contributed by atoms with E-state index in [0.717, 1.165) is 23.8 Å². The molecule has 1 aromatic heterocycles. The molecule has 0 aliphatic heterocycles. The second-order valence-corrected chi connectivity index (χ2v) is 12.1. The molecule has 0 unspecified atom stereocenters. The monoisotopic (exact) mass is 318 g/mol. The summed E-state index contributed by atoms with van der Waals surface area (Å²) in [6.45, 7) is 8.12. The van der Waals surface area contributed by atoms with E-state index >= 15 is 0 Å². The molecule has 5 nitrogen and oxygen atoms in total. The minimum atomic E-state index is -1.07. The Morgan fingerprint density at radius 1 is 1.32 bits per heavy atom. The van der Waals surface area contributed by atoms with Gasteiger partial charge in [0.2, 0.25) is 0 Å². The van der Waals surface area contributed by atoms with Crippen LogP contribution in [0, 0.1) is 0 Å². The van der Waals surface area contributed by atoms with Crippen LogP contribution < -0.4 is 0 Å². The molecule has 0 amide bonds. The molecule has 0 fully saturated rings. The highest BCUT2D eigenvalue weighted by atomic mass is 28.3. The molecular weight excluding hydrogens is 296 g/mol. The van der Waals surface area contributed by atoms with Crippen molar-refractivity contribution >= 4 is 14.0 Å². The van der Waals surface area contributed by atoms with Gasteiger partial charge >= 0.3 is 5.97 Å². The van der Waals surface area contributed by atoms with E-state index in [9.17, 15) is 4.79 Å². The quantitative estimate of drug-likeness (QED) is 0.626. The maximum atomic E-state index is 11.0. The molecule has 0 aliphatic carbocycles. The Bertz CT molecular complexity index is 647. The number of carboxylic acid groups (broad SMARTS) is 1. The number of hydrogen-bond donors (Lipinski definition) is 1. The maximum absolute atomic E-state index is 11.0. The number of hydrogen-bond acceptors (Lipinski definition) is 3. The molecule has 0 saturated heterocycles. The summed E-state index contributed by atoms with van der Waals surface area (Å²) >= 11 is 0. The Hall–Kier alpha value is -1.92. The number of ether oxygens (including phenoxy) is 1. The summed E-state index contributed by atoms with van der Waals surface area (Å²) in [6.07, 6.45) is 3.60. The smallest absolute Gasteiger partial charge is 0.335 e. The highest BCUT2D eigenvalue weighted by molar-refractivity contribution is 6.76. The van der Waals surface area contributed by atoms with E-state index in [2.05, 4.69) is 24.7 Å². The first-order chi connectivity index (χ1) is 10.3. The van der Waals surface area contributed by atoms with Crippen LogP contribution in [0.25, 0.3) is 11.1 Å². The first-order valence-electron chi connectivity index (χ1n) is 7.29. The first kappa shape index (κ1) is 16.4. The van der Waals surface area contributed by atoms with Crippen molar-refractivity contribution in [3.05, 3.63) is 42.2 Å². The molecule has 2 rings (SSSR count). The van der Waals surface area contributed by atoms with Crippen LogP contribution in [0.2, 0.25) is 25.7 Å². The van der Waals surface area contributed by atoms with Crippen molar-refractivity contribution in [3.8, 4) is 11.1 Å². The highest BCUT2D eigenvalue weighted by Crippen LogP contribution is 2.20. The zero-order valence-electron chi connectivity index (χ0n) is 13.2. The Balaban J connectivity index is 1.97. The molecule has 0 saturated carbocycles. The van der Waals surface area contributed by atoms with Gasteiger partial charge in [-0.2, -0.15) is 5.10 Å². The SMILES string of the molecule is C[Si](C)(C)CCOCn1cc(-c2cccc(C(=O)O)c2)cn1. The number of carbonyl (C=O) groups is 1. The fourth-order valence-electron chi connectivity index (χ4n) is 1.95. The van der Waals surface area contributed by atoms with Gasteiger partial charge in [-0.3, -0.25) is 0 Å². The third kappa shape index (κ3) is 4.82. The van der Waals surface area contributed by atoms with Crippen molar-refractivity contribution in [2.24, 2.45) is 0 Å². The lowest BCUT2D eigenvalue weighted by Crippen LogP contribution is -2.22. The molecule has 0 radical (unpaired) electrons. The van der Waals surface area contributed by atoms with Crippen LogP contribution in [-0.4, -0.2) is 35.5 Å². The average molecular weight is 318 g/mol. The molecule has 118 valence electrons. The summed E-state index contributed by atoms with van der Waals surface area (Å²) in [5, 5.41) is 13.3. The lowest BCUT2D eigenvalue weighted by molar-refractivity contribution is 0.0697. The van der Waals surface area contributed by atoms with Gasteiger partial charge in [-0.05, 0) is 23.7 Å². The van der Waals surface area contributed by atoms with Crippen LogP contribution in [0.15, 0.2) is 36.7 Å². The molecule has 0 aliphatic rings. The number of aromatic carboxylic acids is 1. The van der Waals surface area contributed by atoms with E-state index in [1.807, 2.05) is 12.3 Å². The summed E-state index contributed by atoms with van der Waals surface area (Å²) in [5.41, 5.74) is 2.00. The summed E-state index contributed by atoms with van der Waals surface area (Å²) in [6, 6.07) is 7.97. The minimum absolute atomic E-state index is 0.275. The van der Waals surface area contributed by atoms with Crippen molar-refractivity contribution in [2.45, 2.75) is 32.4 Å². The van der Waals surface area contributed by atoms with E-state index in [-0.39, 0.29) is 5.56 Å². The summed E-state index contributed by atoms with van der Waals surface area (Å²) < 4.78 is 7.38. The molecule has 6 heteroatoms. The largest absolute Gasteiger partial charge is 0.478 e. The fraction of sp³-hybridized carbons (Fsp3) is 0.375. The van der Waals surface area contributed by atoms with E-state index in [4.69, 9.17) is 9.84 Å². The molecule has 1 aromatic carbocycles. The summed E-state index contributed by atoms with van der Waals surface area (Å²) in [4.78, 5) is 11.0. The zero-order valence-corrected chi connectivity index (χ0v) is 14.2. The van der Waals surface area contributed by atoms with Crippen molar-refractivity contribution < 1.29 is 14.6 Å². The van der Waals surface area contributed by atoms with Crippen molar-refractivity contribution in [1.82, 2.24) is 9.78 Å². The van der Waals surface area contributed by atoms with E-state index < -0.39 is 14.0 Å². The van der Waals surface area contributed by atoms with E-state index in [0.29, 0.717) is 6.73 Å². The van der Waals surface area contributed by atoms with Gasteiger partial charge in [0, 0.05) is 26.4 Å². The lowest BCUT2D eigenvalue weighted by Gasteiger charge is -2.15. The molecular formula is C16H22N2O3Si.